The maximum atomic E-state index is 12.4. The number of likely N-dealkylation sites (tertiary alicyclic amines) is 1. The van der Waals surface area contributed by atoms with Crippen LogP contribution in [0.1, 0.15) is 19.3 Å². The topological polar surface area (TPSA) is 48.0 Å². The van der Waals surface area contributed by atoms with E-state index in [9.17, 15) is 4.79 Å². The van der Waals surface area contributed by atoms with E-state index in [0.717, 1.165) is 37.8 Å². The number of hydrogen-bond donors (Lipinski definition) is 0. The quantitative estimate of drug-likeness (QED) is 0.745. The third-order valence-corrected chi connectivity index (χ3v) is 6.75. The summed E-state index contributed by atoms with van der Waals surface area (Å²) in [5.74, 6) is 3.18. The number of carbonyl (C=O) groups is 1. The van der Waals surface area contributed by atoms with Gasteiger partial charge in [0.15, 0.2) is 18.1 Å². The fourth-order valence-corrected chi connectivity index (χ4v) is 5.03. The molecule has 4 rings (SSSR count). The lowest BCUT2D eigenvalue weighted by Gasteiger charge is -2.47. The van der Waals surface area contributed by atoms with Crippen molar-refractivity contribution in [2.45, 2.75) is 30.1 Å². The molecule has 2 aliphatic heterocycles. The lowest BCUT2D eigenvalue weighted by Crippen LogP contribution is -2.61. The van der Waals surface area contributed by atoms with E-state index >= 15 is 0 Å². The molecule has 2 saturated heterocycles. The van der Waals surface area contributed by atoms with E-state index in [1.807, 2.05) is 40.9 Å². The Hall–Kier alpha value is -1.40. The van der Waals surface area contributed by atoms with E-state index < -0.39 is 0 Å². The van der Waals surface area contributed by atoms with Crippen molar-refractivity contribution in [2.24, 2.45) is 5.92 Å². The summed E-state index contributed by atoms with van der Waals surface area (Å²) in [5.41, 5.74) is 0. The summed E-state index contributed by atoms with van der Waals surface area (Å²) in [4.78, 5) is 14.3. The summed E-state index contributed by atoms with van der Waals surface area (Å²) in [6.45, 7) is 2.61. The van der Waals surface area contributed by atoms with E-state index in [4.69, 9.17) is 14.2 Å². The predicted molar refractivity (Wildman–Crippen MR) is 97.3 cm³/mol. The molecule has 1 aromatic rings. The molecule has 6 heteroatoms. The van der Waals surface area contributed by atoms with Crippen LogP contribution in [-0.4, -0.2) is 60.8 Å². The Morgan fingerprint density at radius 3 is 2.76 bits per heavy atom. The zero-order chi connectivity index (χ0) is 17.3. The number of thioether (sulfide) groups is 1. The first-order chi connectivity index (χ1) is 12.2. The molecule has 136 valence electrons. The van der Waals surface area contributed by atoms with E-state index in [2.05, 4.69) is 0 Å². The van der Waals surface area contributed by atoms with E-state index in [1.54, 1.807) is 7.11 Å². The minimum Gasteiger partial charge on any atom is -0.493 e. The Morgan fingerprint density at radius 2 is 2.04 bits per heavy atom. The molecule has 5 nitrogen and oxygen atoms in total. The van der Waals surface area contributed by atoms with Crippen LogP contribution in [-0.2, 0) is 9.53 Å². The molecular weight excluding hydrogens is 338 g/mol. The third-order valence-electron chi connectivity index (χ3n) is 5.17. The van der Waals surface area contributed by atoms with Gasteiger partial charge in [0, 0.05) is 25.4 Å². The summed E-state index contributed by atoms with van der Waals surface area (Å²) < 4.78 is 17.1. The van der Waals surface area contributed by atoms with Gasteiger partial charge in [0.25, 0.3) is 5.91 Å². The Labute approximate surface area is 153 Å². The number of methoxy groups -OCH3 is 1. The van der Waals surface area contributed by atoms with Crippen LogP contribution in [0.3, 0.4) is 0 Å². The molecule has 25 heavy (non-hydrogen) atoms. The highest BCUT2D eigenvalue weighted by Gasteiger charge is 2.51. The predicted octanol–water partition coefficient (Wildman–Crippen LogP) is 2.59. The molecule has 1 aromatic carbocycles. The molecule has 0 radical (unpaired) electrons. The number of nitrogens with zero attached hydrogens (tertiary/aromatic N) is 1. The van der Waals surface area contributed by atoms with E-state index in [-0.39, 0.29) is 17.3 Å². The van der Waals surface area contributed by atoms with Crippen molar-refractivity contribution in [2.75, 3.05) is 39.2 Å². The van der Waals surface area contributed by atoms with Gasteiger partial charge in [-0.3, -0.25) is 4.79 Å². The molecule has 0 N–H and O–H groups in total. The molecule has 1 saturated carbocycles. The van der Waals surface area contributed by atoms with Crippen molar-refractivity contribution < 1.29 is 19.0 Å². The zero-order valence-electron chi connectivity index (χ0n) is 14.6. The second kappa shape index (κ2) is 7.08. The molecule has 0 aromatic heterocycles. The fourth-order valence-electron chi connectivity index (χ4n) is 3.48. The highest BCUT2D eigenvalue weighted by molar-refractivity contribution is 8.01. The molecule has 3 aliphatic rings. The Morgan fingerprint density at radius 1 is 1.28 bits per heavy atom. The van der Waals surface area contributed by atoms with Gasteiger partial charge < -0.3 is 19.1 Å². The summed E-state index contributed by atoms with van der Waals surface area (Å²) >= 11 is 1.97. The van der Waals surface area contributed by atoms with Gasteiger partial charge in [-0.2, -0.15) is 0 Å². The van der Waals surface area contributed by atoms with Crippen LogP contribution in [0.15, 0.2) is 24.3 Å². The first-order valence-electron chi connectivity index (χ1n) is 8.97. The van der Waals surface area contributed by atoms with Gasteiger partial charge in [-0.1, -0.05) is 12.1 Å². The normalized spacial score (nSPS) is 24.2. The molecule has 2 heterocycles. The van der Waals surface area contributed by atoms with Crippen LogP contribution in [0.2, 0.25) is 0 Å². The summed E-state index contributed by atoms with van der Waals surface area (Å²) in [6, 6.07) is 7.40. The SMILES string of the molecule is COc1ccccc1OCC(=O)N1CC2(C[C@@H](OCC3CC3)CS2)C1. The standard InChI is InChI=1S/C19H25NO4S/c1-22-16-4-2-3-5-17(16)24-10-18(21)20-12-19(13-20)8-15(11-25-19)23-9-14-6-7-14/h2-5,14-15H,6-13H2,1H3/t15-/m1/s1. The number of para-hydroxylation sites is 2. The van der Waals surface area contributed by atoms with Crippen LogP contribution in [0, 0.1) is 5.92 Å². The molecule has 1 aliphatic carbocycles. The fraction of sp³-hybridized carbons (Fsp3) is 0.632. The van der Waals surface area contributed by atoms with E-state index in [1.165, 1.54) is 12.8 Å². The van der Waals surface area contributed by atoms with Gasteiger partial charge in [-0.05, 0) is 37.3 Å². The van der Waals surface area contributed by atoms with Crippen LogP contribution >= 0.6 is 11.8 Å². The van der Waals surface area contributed by atoms with Crippen LogP contribution in [0.4, 0.5) is 0 Å². The van der Waals surface area contributed by atoms with Crippen molar-refractivity contribution in [1.29, 1.82) is 0 Å². The van der Waals surface area contributed by atoms with Gasteiger partial charge in [0.2, 0.25) is 0 Å². The molecular formula is C19H25NO4S. The van der Waals surface area contributed by atoms with Crippen molar-refractivity contribution in [3.05, 3.63) is 24.3 Å². The van der Waals surface area contributed by atoms with Crippen molar-refractivity contribution in [1.82, 2.24) is 4.90 Å². The average molecular weight is 363 g/mol. The second-order valence-electron chi connectivity index (χ2n) is 7.29. The average Bonchev–Trinajstić information content (AvgIpc) is 3.34. The van der Waals surface area contributed by atoms with Crippen LogP contribution in [0.25, 0.3) is 0 Å². The Kier molecular flexibility index (Phi) is 4.82. The smallest absolute Gasteiger partial charge is 0.260 e. The van der Waals surface area contributed by atoms with E-state index in [0.29, 0.717) is 17.6 Å². The summed E-state index contributed by atoms with van der Waals surface area (Å²) in [6.07, 6.45) is 4.10. The maximum absolute atomic E-state index is 12.4. The highest BCUT2D eigenvalue weighted by atomic mass is 32.2. The number of hydrogen-bond acceptors (Lipinski definition) is 5. The van der Waals surface area contributed by atoms with Crippen molar-refractivity contribution in [3.8, 4) is 11.5 Å². The van der Waals surface area contributed by atoms with Gasteiger partial charge in [0.1, 0.15) is 0 Å². The molecule has 1 spiro atoms. The molecule has 1 atom stereocenters. The summed E-state index contributed by atoms with van der Waals surface area (Å²) in [5, 5.41) is 0. The van der Waals surface area contributed by atoms with Gasteiger partial charge in [-0.25, -0.2) is 0 Å². The van der Waals surface area contributed by atoms with Gasteiger partial charge in [-0.15, -0.1) is 11.8 Å². The van der Waals surface area contributed by atoms with Gasteiger partial charge >= 0.3 is 0 Å². The number of amides is 1. The first-order valence-corrected chi connectivity index (χ1v) is 9.95. The lowest BCUT2D eigenvalue weighted by molar-refractivity contribution is -0.139. The maximum Gasteiger partial charge on any atom is 0.260 e. The summed E-state index contributed by atoms with van der Waals surface area (Å²) in [7, 11) is 1.60. The number of ether oxygens (including phenoxy) is 3. The second-order valence-corrected chi connectivity index (χ2v) is 8.77. The van der Waals surface area contributed by atoms with Crippen LogP contribution in [0.5, 0.6) is 11.5 Å². The van der Waals surface area contributed by atoms with Gasteiger partial charge in [0.05, 0.1) is 18.0 Å². The molecule has 1 amide bonds. The Balaban J connectivity index is 1.21. The van der Waals surface area contributed by atoms with Crippen molar-refractivity contribution >= 4 is 17.7 Å². The number of benzene rings is 1. The molecule has 0 unspecified atom stereocenters. The monoisotopic (exact) mass is 363 g/mol. The zero-order valence-corrected chi connectivity index (χ0v) is 15.4. The number of rotatable bonds is 7. The Bertz CT molecular complexity index is 628. The largest absolute Gasteiger partial charge is 0.493 e. The first kappa shape index (κ1) is 17.0. The molecule has 3 fully saturated rings. The lowest BCUT2D eigenvalue weighted by atomic mass is 9.93. The third kappa shape index (κ3) is 3.90. The minimum absolute atomic E-state index is 0.0412. The minimum atomic E-state index is 0.0412. The van der Waals surface area contributed by atoms with Crippen LogP contribution < -0.4 is 9.47 Å². The molecule has 0 bridgehead atoms. The van der Waals surface area contributed by atoms with Crippen molar-refractivity contribution in [3.63, 3.8) is 0 Å². The number of carbonyl (C=O) groups excluding carboxylic acids is 1. The highest BCUT2D eigenvalue weighted by Crippen LogP contribution is 2.46.